The number of rotatable bonds is 21. The highest BCUT2D eigenvalue weighted by Gasteiger charge is 2.61. The number of aliphatic imine (C=N–C) groups is 3. The lowest BCUT2D eigenvalue weighted by Crippen LogP contribution is -2.63. The topological polar surface area (TPSA) is 360 Å². The number of fused-ring (bicyclic) bond motifs is 1. The molecule has 1 fully saturated rings. The van der Waals surface area contributed by atoms with Gasteiger partial charge in [0.05, 0.1) is 19.9 Å². The maximum absolute atomic E-state index is 13.9. The van der Waals surface area contributed by atoms with E-state index >= 15 is 0 Å². The third kappa shape index (κ3) is 12.3. The minimum atomic E-state index is -5.65. The van der Waals surface area contributed by atoms with Crippen molar-refractivity contribution >= 4 is 77.7 Å². The fourth-order valence-corrected chi connectivity index (χ4v) is 8.61. The van der Waals surface area contributed by atoms with Gasteiger partial charge in [0.1, 0.15) is 42.7 Å². The molecule has 0 bridgehead atoms. The van der Waals surface area contributed by atoms with Gasteiger partial charge in [-0.05, 0) is 11.6 Å². The lowest BCUT2D eigenvalue weighted by atomic mass is 9.87. The summed E-state index contributed by atoms with van der Waals surface area (Å²) in [5, 5.41) is 26.7. The number of carbonyl (C=O) groups excluding carboxylic acids is 3. The fourth-order valence-electron chi connectivity index (χ4n) is 5.67. The van der Waals surface area contributed by atoms with Crippen molar-refractivity contribution in [1.82, 2.24) is 15.5 Å². The number of ketones is 1. The number of amides is 2. The Kier molecular flexibility index (Phi) is 16.0. The zero-order chi connectivity index (χ0) is 43.1. The number of phosphoric acid groups is 3. The summed E-state index contributed by atoms with van der Waals surface area (Å²) in [6.07, 6.45) is -6.11. The number of aliphatic hydroxyl groups excluding tert-OH is 2. The van der Waals surface area contributed by atoms with E-state index in [-0.39, 0.29) is 30.4 Å². The predicted molar refractivity (Wildman–Crippen MR) is 206 cm³/mol. The molecule has 3 aliphatic rings. The molecule has 1 aromatic carbocycles. The number of phosphoric ester groups is 3. The van der Waals surface area contributed by atoms with Crippen LogP contribution in [0.4, 0.5) is 0 Å². The lowest BCUT2D eigenvalue weighted by molar-refractivity contribution is -0.140. The summed E-state index contributed by atoms with van der Waals surface area (Å²) < 4.78 is 62.0. The average molecular weight is 900 g/mol. The van der Waals surface area contributed by atoms with Gasteiger partial charge >= 0.3 is 23.5 Å². The van der Waals surface area contributed by atoms with E-state index in [0.717, 1.165) is 17.3 Å². The van der Waals surface area contributed by atoms with Gasteiger partial charge in [0, 0.05) is 30.7 Å². The Morgan fingerprint density at radius 1 is 1.10 bits per heavy atom. The number of nitrogens with zero attached hydrogens (tertiary/aromatic N) is 4. The van der Waals surface area contributed by atoms with E-state index < -0.39 is 96.8 Å². The molecule has 8 atom stereocenters. The molecule has 0 saturated carbocycles. The van der Waals surface area contributed by atoms with Crippen LogP contribution in [0.2, 0.25) is 0 Å². The van der Waals surface area contributed by atoms with Crippen molar-refractivity contribution in [3.05, 3.63) is 42.0 Å². The number of hydrogen-bond donors (Lipinski definition) is 10. The molecule has 0 spiro atoms. The molecule has 3 heterocycles. The standard InChI is InChI=1S/C30H44N7O17P3S/c1-29(2,25(41)27(42)33-11-10-21(39)32-12-13-58)15-51-57(48,49)54-56(46,47)50-14-19-23(53-55(43,44)45)22(40)28(52-19)37-17-35-24-26(31)34-16-36-30(24,37)20(38)9-8-18-6-4-3-5-7-18/h3-9,16,19,22-23,25,28,40-41,58H,10-15,17H2,1-2H3,(H,32,39)(H,33,42)(H,46,47)(H,48,49)(H2,31,34,36)(H2,43,44,45)/t19-,22-,23-,25+,28-,30?/m1/s1. The molecule has 4 rings (SSSR count). The maximum Gasteiger partial charge on any atom is 0.481 e. The summed E-state index contributed by atoms with van der Waals surface area (Å²) in [6, 6.07) is 8.63. The Hall–Kier alpha value is -3.06. The minimum Gasteiger partial charge on any atom is -0.386 e. The van der Waals surface area contributed by atoms with E-state index in [1.165, 1.54) is 19.9 Å². The second-order valence-corrected chi connectivity index (χ2v) is 18.1. The molecule has 322 valence electrons. The summed E-state index contributed by atoms with van der Waals surface area (Å²) in [7, 11) is -16.6. The van der Waals surface area contributed by atoms with Gasteiger partial charge in [-0.25, -0.2) is 28.6 Å². The highest BCUT2D eigenvalue weighted by molar-refractivity contribution is 7.80. The Morgan fingerprint density at radius 2 is 1.78 bits per heavy atom. The summed E-state index contributed by atoms with van der Waals surface area (Å²) >= 11 is 3.96. The van der Waals surface area contributed by atoms with E-state index in [0.29, 0.717) is 17.9 Å². The van der Waals surface area contributed by atoms with E-state index in [4.69, 9.17) is 24.0 Å². The van der Waals surface area contributed by atoms with Gasteiger partial charge in [-0.15, -0.1) is 0 Å². The summed E-state index contributed by atoms with van der Waals surface area (Å²) in [5.74, 6) is -1.92. The smallest absolute Gasteiger partial charge is 0.386 e. The maximum atomic E-state index is 13.9. The van der Waals surface area contributed by atoms with Crippen LogP contribution in [-0.2, 0) is 50.7 Å². The summed E-state index contributed by atoms with van der Waals surface area (Å²) in [5.41, 5.74) is 2.78. The largest absolute Gasteiger partial charge is 0.481 e. The van der Waals surface area contributed by atoms with E-state index in [9.17, 15) is 57.9 Å². The lowest BCUT2D eigenvalue weighted by Gasteiger charge is -2.38. The van der Waals surface area contributed by atoms with Gasteiger partial charge < -0.3 is 50.9 Å². The molecule has 0 aliphatic carbocycles. The van der Waals surface area contributed by atoms with Crippen molar-refractivity contribution in [1.29, 1.82) is 0 Å². The van der Waals surface area contributed by atoms with Crippen LogP contribution >= 0.6 is 36.1 Å². The van der Waals surface area contributed by atoms with Crippen LogP contribution in [0.25, 0.3) is 6.08 Å². The van der Waals surface area contributed by atoms with Crippen LogP contribution in [0.5, 0.6) is 0 Å². The quantitative estimate of drug-likeness (QED) is 0.0395. The van der Waals surface area contributed by atoms with Crippen molar-refractivity contribution in [2.45, 2.75) is 56.6 Å². The highest BCUT2D eigenvalue weighted by Crippen LogP contribution is 2.61. The number of thiol groups is 1. The molecular weight excluding hydrogens is 855 g/mol. The Morgan fingerprint density at radius 3 is 2.43 bits per heavy atom. The number of carbonyl (C=O) groups is 3. The predicted octanol–water partition coefficient (Wildman–Crippen LogP) is -1.17. The van der Waals surface area contributed by atoms with Crippen molar-refractivity contribution in [2.24, 2.45) is 26.1 Å². The van der Waals surface area contributed by atoms with Crippen LogP contribution in [0.15, 0.2) is 51.4 Å². The average Bonchev–Trinajstić information content (AvgIpc) is 3.68. The molecule has 0 radical (unpaired) electrons. The van der Waals surface area contributed by atoms with Gasteiger partial charge in [-0.2, -0.15) is 16.9 Å². The number of amidine groups is 1. The summed E-state index contributed by atoms with van der Waals surface area (Å²) in [4.78, 5) is 91.4. The van der Waals surface area contributed by atoms with Crippen LogP contribution in [0, 0.1) is 5.41 Å². The molecule has 1 aromatic rings. The third-order valence-electron chi connectivity index (χ3n) is 8.54. The molecule has 0 aromatic heterocycles. The molecule has 24 nitrogen and oxygen atoms in total. The van der Waals surface area contributed by atoms with Crippen molar-refractivity contribution in [3.8, 4) is 0 Å². The first-order valence-electron chi connectivity index (χ1n) is 17.1. The number of aliphatic hydroxyl groups is 2. The van der Waals surface area contributed by atoms with Crippen LogP contribution < -0.4 is 16.4 Å². The molecule has 1 saturated heterocycles. The van der Waals surface area contributed by atoms with Crippen molar-refractivity contribution in [3.63, 3.8) is 0 Å². The number of benzene rings is 1. The van der Waals surface area contributed by atoms with Crippen LogP contribution in [-0.4, -0.2) is 145 Å². The zero-order valence-electron chi connectivity index (χ0n) is 30.8. The van der Waals surface area contributed by atoms with Crippen LogP contribution in [0.1, 0.15) is 25.8 Å². The van der Waals surface area contributed by atoms with E-state index in [2.05, 4.69) is 42.6 Å². The van der Waals surface area contributed by atoms with Gasteiger partial charge in [0.2, 0.25) is 23.3 Å². The second kappa shape index (κ2) is 19.5. The fraction of sp³-hybridized carbons (Fsp3) is 0.533. The van der Waals surface area contributed by atoms with Gasteiger partial charge in [-0.1, -0.05) is 50.3 Å². The van der Waals surface area contributed by atoms with Gasteiger partial charge in [-0.3, -0.25) is 32.9 Å². The van der Waals surface area contributed by atoms with Gasteiger partial charge in [0.15, 0.2) is 5.84 Å². The Balaban J connectivity index is 1.44. The monoisotopic (exact) mass is 899 g/mol. The first-order chi connectivity index (χ1) is 27.0. The Labute approximate surface area is 336 Å². The molecule has 28 heteroatoms. The van der Waals surface area contributed by atoms with Gasteiger partial charge in [0.25, 0.3) is 0 Å². The van der Waals surface area contributed by atoms with Crippen molar-refractivity contribution in [2.75, 3.05) is 38.7 Å². The first kappa shape index (κ1) is 47.6. The molecule has 3 unspecified atom stereocenters. The third-order valence-corrected chi connectivity index (χ3v) is 11.9. The van der Waals surface area contributed by atoms with Crippen molar-refractivity contribution < 1.29 is 80.5 Å². The van der Waals surface area contributed by atoms with E-state index in [1.807, 2.05) is 0 Å². The molecule has 3 aliphatic heterocycles. The molecular formula is C30H44N7O17P3S. The number of ether oxygens (including phenoxy) is 1. The summed E-state index contributed by atoms with van der Waals surface area (Å²) in [6.45, 7) is 0.0848. The number of nitrogens with two attached hydrogens (primary N) is 1. The highest BCUT2D eigenvalue weighted by atomic mass is 32.1. The molecule has 58 heavy (non-hydrogen) atoms. The number of nitrogens with one attached hydrogen (secondary N) is 2. The molecule has 2 amide bonds. The number of hydrogen-bond acceptors (Lipinski definition) is 19. The zero-order valence-corrected chi connectivity index (χ0v) is 34.4. The molecule has 10 N–H and O–H groups in total. The second-order valence-electron chi connectivity index (χ2n) is 13.4. The first-order valence-corrected chi connectivity index (χ1v) is 22.2. The normalized spacial score (nSPS) is 26.3. The Bertz CT molecular complexity index is 1950. The van der Waals surface area contributed by atoms with Crippen LogP contribution in [0.3, 0.4) is 0 Å². The SMILES string of the molecule is CC(C)(COP(=O)(O)OP(=O)(O)OC[C@H]1O[C@@H](N2CN=C3C(N)=NC=NC32C(=O)C=Cc2ccccc2)[C@H](O)[C@@H]1OP(=O)(O)O)[C@@H](O)C(=O)NCCC(=O)NCCS. The minimum absolute atomic E-state index is 0.119. The van der Waals surface area contributed by atoms with E-state index in [1.54, 1.807) is 30.3 Å².